The first kappa shape index (κ1) is 20.5. The third kappa shape index (κ3) is 4.71. The van der Waals surface area contributed by atoms with E-state index < -0.39 is 0 Å². The molecule has 31 heavy (non-hydrogen) atoms. The highest BCUT2D eigenvalue weighted by Crippen LogP contribution is 2.27. The minimum Gasteiger partial charge on any atom is -0.495 e. The van der Waals surface area contributed by atoms with E-state index in [1.807, 2.05) is 35.9 Å². The summed E-state index contributed by atoms with van der Waals surface area (Å²) in [5.41, 5.74) is 10.7. The second-order valence-electron chi connectivity index (χ2n) is 7.34. The molecule has 6 nitrogen and oxygen atoms in total. The third-order valence-corrected chi connectivity index (χ3v) is 5.05. The Bertz CT molecular complexity index is 1170. The first-order valence-electron chi connectivity index (χ1n) is 10.1. The maximum absolute atomic E-state index is 13.2. The van der Waals surface area contributed by atoms with Crippen molar-refractivity contribution in [3.63, 3.8) is 0 Å². The molecule has 0 unspecified atom stereocenters. The maximum atomic E-state index is 13.2. The van der Waals surface area contributed by atoms with Crippen LogP contribution in [-0.2, 0) is 0 Å². The summed E-state index contributed by atoms with van der Waals surface area (Å²) < 4.78 is 20.7. The summed E-state index contributed by atoms with van der Waals surface area (Å²) in [5, 5.41) is 0. The molecule has 1 aromatic heterocycles. The molecule has 1 aliphatic heterocycles. The number of aliphatic imine (C=N–C) groups is 2. The van der Waals surface area contributed by atoms with Gasteiger partial charge in [0.1, 0.15) is 17.4 Å². The zero-order valence-electron chi connectivity index (χ0n) is 17.5. The Morgan fingerprint density at radius 2 is 2.03 bits per heavy atom. The van der Waals surface area contributed by atoms with E-state index in [4.69, 9.17) is 10.5 Å². The summed E-state index contributed by atoms with van der Waals surface area (Å²) in [5.74, 6) is 1.36. The number of aryl methyl sites for hydroxylation is 1. The predicted molar refractivity (Wildman–Crippen MR) is 121 cm³/mol. The summed E-state index contributed by atoms with van der Waals surface area (Å²) in [6, 6.07) is 12.0. The Hall–Kier alpha value is -3.74. The van der Waals surface area contributed by atoms with E-state index >= 15 is 0 Å². The monoisotopic (exact) mass is 417 g/mol. The van der Waals surface area contributed by atoms with Crippen LogP contribution in [0.25, 0.3) is 11.8 Å². The topological polar surface area (TPSA) is 77.8 Å². The van der Waals surface area contributed by atoms with Crippen LogP contribution in [0.15, 0.2) is 70.5 Å². The summed E-state index contributed by atoms with van der Waals surface area (Å²) in [4.78, 5) is 13.4. The highest BCUT2D eigenvalue weighted by atomic mass is 19.1. The number of hydrogen-bond donors (Lipinski definition) is 1. The van der Waals surface area contributed by atoms with Crippen LogP contribution in [0.3, 0.4) is 0 Å². The molecule has 7 heteroatoms. The molecule has 4 rings (SSSR count). The molecule has 2 aromatic carbocycles. The number of aromatic nitrogens is 2. The standard InChI is InChI=1S/C24H24FN5O/c1-16-14-30(15-28-16)21-10-5-17(13-22(21)31-2)12-19-4-3-11-27-24(19)29-23(26)18-6-8-20(25)9-7-18/h5-10,12-15H,3-4,11H2,1-2H3,(H2,26,27,29)/b19-12+. The second kappa shape index (κ2) is 8.95. The molecular formula is C24H24FN5O. The van der Waals surface area contributed by atoms with Gasteiger partial charge in [0, 0.05) is 18.3 Å². The van der Waals surface area contributed by atoms with Crippen LogP contribution in [0.1, 0.15) is 29.7 Å². The zero-order chi connectivity index (χ0) is 21.8. The lowest BCUT2D eigenvalue weighted by atomic mass is 10.0. The molecule has 0 bridgehead atoms. The molecular weight excluding hydrogens is 393 g/mol. The molecule has 0 saturated heterocycles. The molecule has 2 N–H and O–H groups in total. The number of halogens is 1. The molecule has 2 heterocycles. The van der Waals surface area contributed by atoms with Crippen LogP contribution in [0.2, 0.25) is 0 Å². The predicted octanol–water partition coefficient (Wildman–Crippen LogP) is 4.31. The molecule has 3 aromatic rings. The van der Waals surface area contributed by atoms with Gasteiger partial charge in [0.2, 0.25) is 0 Å². The van der Waals surface area contributed by atoms with Gasteiger partial charge in [0.25, 0.3) is 0 Å². The molecule has 1 aliphatic rings. The number of amidine groups is 2. The Kier molecular flexibility index (Phi) is 5.93. The number of benzene rings is 2. The number of nitrogens with zero attached hydrogens (tertiary/aromatic N) is 4. The maximum Gasteiger partial charge on any atom is 0.152 e. The van der Waals surface area contributed by atoms with E-state index in [-0.39, 0.29) is 5.82 Å². The smallest absolute Gasteiger partial charge is 0.152 e. The van der Waals surface area contributed by atoms with Gasteiger partial charge in [-0.15, -0.1) is 0 Å². The van der Waals surface area contributed by atoms with Gasteiger partial charge >= 0.3 is 0 Å². The number of ether oxygens (including phenoxy) is 1. The number of nitrogens with two attached hydrogens (primary N) is 1. The lowest BCUT2D eigenvalue weighted by molar-refractivity contribution is 0.413. The van der Waals surface area contributed by atoms with Gasteiger partial charge in [-0.2, -0.15) is 0 Å². The van der Waals surface area contributed by atoms with Crippen LogP contribution in [0.5, 0.6) is 5.75 Å². The van der Waals surface area contributed by atoms with Crippen LogP contribution in [0, 0.1) is 12.7 Å². The summed E-state index contributed by atoms with van der Waals surface area (Å²) >= 11 is 0. The van der Waals surface area contributed by atoms with Gasteiger partial charge < -0.3 is 15.0 Å². The van der Waals surface area contributed by atoms with E-state index in [2.05, 4.69) is 21.0 Å². The first-order valence-corrected chi connectivity index (χ1v) is 10.1. The van der Waals surface area contributed by atoms with Crippen molar-refractivity contribution in [3.05, 3.63) is 83.2 Å². The fourth-order valence-electron chi connectivity index (χ4n) is 3.46. The largest absolute Gasteiger partial charge is 0.495 e. The zero-order valence-corrected chi connectivity index (χ0v) is 17.5. The molecule has 0 fully saturated rings. The minimum absolute atomic E-state index is 0.310. The summed E-state index contributed by atoms with van der Waals surface area (Å²) in [6.45, 7) is 2.65. The summed E-state index contributed by atoms with van der Waals surface area (Å²) in [6.07, 6.45) is 7.58. The van der Waals surface area contributed by atoms with Crippen molar-refractivity contribution < 1.29 is 9.13 Å². The Morgan fingerprint density at radius 3 is 2.74 bits per heavy atom. The van der Waals surface area contributed by atoms with Crippen molar-refractivity contribution in [2.24, 2.45) is 15.7 Å². The van der Waals surface area contributed by atoms with Gasteiger partial charge in [-0.25, -0.2) is 14.4 Å². The van der Waals surface area contributed by atoms with E-state index in [1.54, 1.807) is 25.6 Å². The lowest BCUT2D eigenvalue weighted by Gasteiger charge is -2.15. The quantitative estimate of drug-likeness (QED) is 0.508. The van der Waals surface area contributed by atoms with Crippen LogP contribution in [0.4, 0.5) is 4.39 Å². The van der Waals surface area contributed by atoms with Crippen LogP contribution >= 0.6 is 0 Å². The molecule has 158 valence electrons. The van der Waals surface area contributed by atoms with Crippen molar-refractivity contribution in [1.82, 2.24) is 9.55 Å². The Morgan fingerprint density at radius 1 is 1.23 bits per heavy atom. The molecule has 0 amide bonds. The molecule has 0 saturated carbocycles. The van der Waals surface area contributed by atoms with Gasteiger partial charge in [-0.3, -0.25) is 4.99 Å². The fourth-order valence-corrected chi connectivity index (χ4v) is 3.46. The first-order chi connectivity index (χ1) is 15.0. The van der Waals surface area contributed by atoms with Gasteiger partial charge in [-0.05, 0) is 73.4 Å². The minimum atomic E-state index is -0.310. The molecule has 0 radical (unpaired) electrons. The molecule has 0 aliphatic carbocycles. The van der Waals surface area contributed by atoms with E-state index in [9.17, 15) is 4.39 Å². The van der Waals surface area contributed by atoms with Gasteiger partial charge in [-0.1, -0.05) is 6.07 Å². The van der Waals surface area contributed by atoms with Gasteiger partial charge in [0.05, 0.1) is 24.8 Å². The Balaban J connectivity index is 1.65. The third-order valence-electron chi connectivity index (χ3n) is 5.05. The van der Waals surface area contributed by atoms with E-state index in [0.717, 1.165) is 41.1 Å². The van der Waals surface area contributed by atoms with E-state index in [1.165, 1.54) is 12.1 Å². The van der Waals surface area contributed by atoms with E-state index in [0.29, 0.717) is 23.8 Å². The molecule has 0 spiro atoms. The van der Waals surface area contributed by atoms with Crippen molar-refractivity contribution >= 4 is 17.7 Å². The lowest BCUT2D eigenvalue weighted by Crippen LogP contribution is -2.18. The van der Waals surface area contributed by atoms with Crippen LogP contribution in [-0.4, -0.2) is 34.9 Å². The number of rotatable bonds is 4. The average molecular weight is 417 g/mol. The number of hydrogen-bond acceptors (Lipinski definition) is 4. The molecule has 0 atom stereocenters. The van der Waals surface area contributed by atoms with Crippen molar-refractivity contribution in [3.8, 4) is 11.4 Å². The van der Waals surface area contributed by atoms with Crippen molar-refractivity contribution in [2.75, 3.05) is 13.7 Å². The SMILES string of the molecule is COc1cc(/C=C2\CCCN=C2N=C(N)c2ccc(F)cc2)ccc1-n1cnc(C)c1. The van der Waals surface area contributed by atoms with Crippen LogP contribution < -0.4 is 10.5 Å². The highest BCUT2D eigenvalue weighted by Gasteiger charge is 2.14. The second-order valence-corrected chi connectivity index (χ2v) is 7.34. The number of methoxy groups -OCH3 is 1. The van der Waals surface area contributed by atoms with Gasteiger partial charge in [0.15, 0.2) is 5.84 Å². The number of imidazole rings is 1. The normalized spacial score (nSPS) is 15.8. The average Bonchev–Trinajstić information content (AvgIpc) is 3.21. The highest BCUT2D eigenvalue weighted by molar-refractivity contribution is 6.12. The van der Waals surface area contributed by atoms with Crippen molar-refractivity contribution in [2.45, 2.75) is 19.8 Å². The Labute approximate surface area is 180 Å². The summed E-state index contributed by atoms with van der Waals surface area (Å²) in [7, 11) is 1.65. The van der Waals surface area contributed by atoms with Crippen molar-refractivity contribution in [1.29, 1.82) is 0 Å². The fraction of sp³-hybridized carbons (Fsp3) is 0.208.